The highest BCUT2D eigenvalue weighted by atomic mass is 15.1. The average molecular weight is 217 g/mol. The summed E-state index contributed by atoms with van der Waals surface area (Å²) < 4.78 is 0. The topological polar surface area (TPSA) is 64.9 Å². The van der Waals surface area contributed by atoms with Crippen molar-refractivity contribution in [2.24, 2.45) is 5.11 Å². The summed E-state index contributed by atoms with van der Waals surface area (Å²) in [5.74, 6) is 0.936. The number of azide groups is 1. The minimum atomic E-state index is 0.496. The van der Waals surface area contributed by atoms with Crippen LogP contribution in [-0.4, -0.2) is 25.6 Å². The van der Waals surface area contributed by atoms with Crippen LogP contribution < -0.4 is 4.90 Å². The van der Waals surface area contributed by atoms with E-state index < -0.39 is 0 Å². The van der Waals surface area contributed by atoms with Gasteiger partial charge in [-0.25, -0.2) is 4.98 Å². The Kier molecular flexibility index (Phi) is 4.89. The minimum Gasteiger partial charge on any atom is -0.363 e. The van der Waals surface area contributed by atoms with Crippen molar-refractivity contribution in [3.05, 3.63) is 40.4 Å². The summed E-state index contributed by atoms with van der Waals surface area (Å²) in [7, 11) is 3.91. The predicted molar refractivity (Wildman–Crippen MR) is 66.2 cm³/mol. The van der Waals surface area contributed by atoms with E-state index in [1.807, 2.05) is 49.5 Å². The zero-order valence-corrected chi connectivity index (χ0v) is 9.54. The van der Waals surface area contributed by atoms with Crippen LogP contribution in [0.25, 0.3) is 16.5 Å². The van der Waals surface area contributed by atoms with Crippen molar-refractivity contribution in [2.75, 3.05) is 25.5 Å². The van der Waals surface area contributed by atoms with Crippen molar-refractivity contribution >= 4 is 11.9 Å². The molecule has 0 N–H and O–H groups in total. The van der Waals surface area contributed by atoms with E-state index >= 15 is 0 Å². The van der Waals surface area contributed by atoms with Crippen LogP contribution >= 0.6 is 0 Å². The van der Waals surface area contributed by atoms with E-state index in [0.717, 1.165) is 17.8 Å². The van der Waals surface area contributed by atoms with E-state index in [0.29, 0.717) is 6.54 Å². The Balaban J connectivity index is 2.51. The van der Waals surface area contributed by atoms with Crippen LogP contribution in [0.4, 0.5) is 5.82 Å². The fourth-order valence-corrected chi connectivity index (χ4v) is 1.16. The molecule has 0 amide bonds. The van der Waals surface area contributed by atoms with Crippen molar-refractivity contribution in [3.8, 4) is 0 Å². The average Bonchev–Trinajstić information content (AvgIpc) is 2.29. The molecule has 0 unspecified atom stereocenters. The van der Waals surface area contributed by atoms with Gasteiger partial charge in [-0.05, 0) is 29.6 Å². The zero-order chi connectivity index (χ0) is 11.8. The molecule has 5 nitrogen and oxygen atoms in total. The third-order valence-electron chi connectivity index (χ3n) is 2.00. The maximum Gasteiger partial charge on any atom is 0.127 e. The number of pyridine rings is 1. The molecule has 84 valence electrons. The van der Waals surface area contributed by atoms with Crippen LogP contribution in [0.5, 0.6) is 0 Å². The van der Waals surface area contributed by atoms with E-state index in [2.05, 4.69) is 15.0 Å². The van der Waals surface area contributed by atoms with Gasteiger partial charge in [0.1, 0.15) is 5.82 Å². The lowest BCUT2D eigenvalue weighted by Gasteiger charge is -2.10. The smallest absolute Gasteiger partial charge is 0.127 e. The van der Waals surface area contributed by atoms with Gasteiger partial charge in [-0.3, -0.25) is 0 Å². The summed E-state index contributed by atoms with van der Waals surface area (Å²) in [6.07, 6.45) is 6.51. The predicted octanol–water partition coefficient (Wildman–Crippen LogP) is 2.86. The van der Waals surface area contributed by atoms with E-state index in [1.54, 1.807) is 0 Å². The molecule has 0 atom stereocenters. The number of nitrogens with zero attached hydrogens (tertiary/aromatic N) is 5. The molecule has 0 aliphatic rings. The second kappa shape index (κ2) is 6.48. The van der Waals surface area contributed by atoms with Gasteiger partial charge in [0.25, 0.3) is 0 Å². The summed E-state index contributed by atoms with van der Waals surface area (Å²) in [5, 5.41) is 3.45. The van der Waals surface area contributed by atoms with Crippen molar-refractivity contribution in [3.63, 3.8) is 0 Å². The maximum absolute atomic E-state index is 8.08. The van der Waals surface area contributed by atoms with Gasteiger partial charge >= 0.3 is 0 Å². The van der Waals surface area contributed by atoms with Gasteiger partial charge in [0.15, 0.2) is 0 Å². The van der Waals surface area contributed by atoms with Gasteiger partial charge in [0, 0.05) is 31.7 Å². The van der Waals surface area contributed by atoms with Crippen LogP contribution in [0, 0.1) is 0 Å². The third kappa shape index (κ3) is 4.02. The number of anilines is 1. The normalized spacial score (nSPS) is 10.1. The Morgan fingerprint density at radius 1 is 1.50 bits per heavy atom. The standard InChI is InChI=1S/C11H15N5/c1-16(2)11-7-6-10(9-13-11)5-3-4-8-14-15-12/h3,5-7,9H,4,8H2,1-2H3. The fraction of sp³-hybridized carbons (Fsp3) is 0.364. The maximum atomic E-state index is 8.08. The molecule has 0 aliphatic carbocycles. The first-order chi connectivity index (χ1) is 7.74. The molecule has 16 heavy (non-hydrogen) atoms. The van der Waals surface area contributed by atoms with Gasteiger partial charge in [0.05, 0.1) is 0 Å². The number of rotatable bonds is 5. The second-order valence-corrected chi connectivity index (χ2v) is 3.49. The first-order valence-electron chi connectivity index (χ1n) is 5.05. The van der Waals surface area contributed by atoms with Crippen molar-refractivity contribution in [2.45, 2.75) is 6.42 Å². The van der Waals surface area contributed by atoms with Gasteiger partial charge in [-0.15, -0.1) is 0 Å². The molecule has 0 saturated carbocycles. The highest BCUT2D eigenvalue weighted by molar-refractivity contribution is 5.50. The van der Waals surface area contributed by atoms with E-state index in [4.69, 9.17) is 5.53 Å². The summed E-state index contributed by atoms with van der Waals surface area (Å²) in [4.78, 5) is 8.92. The number of aromatic nitrogens is 1. The molecule has 1 aromatic rings. The minimum absolute atomic E-state index is 0.496. The Morgan fingerprint density at radius 2 is 2.31 bits per heavy atom. The molecule has 0 spiro atoms. The first-order valence-corrected chi connectivity index (χ1v) is 5.05. The highest BCUT2D eigenvalue weighted by Gasteiger charge is 1.94. The molecule has 0 aliphatic heterocycles. The zero-order valence-electron chi connectivity index (χ0n) is 9.54. The highest BCUT2D eigenvalue weighted by Crippen LogP contribution is 2.09. The van der Waals surface area contributed by atoms with Crippen LogP contribution in [0.3, 0.4) is 0 Å². The number of hydrogen-bond acceptors (Lipinski definition) is 3. The van der Waals surface area contributed by atoms with Crippen molar-refractivity contribution in [1.82, 2.24) is 4.98 Å². The third-order valence-corrected chi connectivity index (χ3v) is 2.00. The van der Waals surface area contributed by atoms with Crippen molar-refractivity contribution < 1.29 is 0 Å². The monoisotopic (exact) mass is 217 g/mol. The molecule has 0 saturated heterocycles. The van der Waals surface area contributed by atoms with E-state index in [1.165, 1.54) is 0 Å². The summed E-state index contributed by atoms with van der Waals surface area (Å²) in [5.41, 5.74) is 9.13. The lowest BCUT2D eigenvalue weighted by Crippen LogP contribution is -2.09. The molecule has 1 aromatic heterocycles. The summed E-state index contributed by atoms with van der Waals surface area (Å²) in [6.45, 7) is 0.496. The molecule has 0 aromatic carbocycles. The SMILES string of the molecule is CN(C)c1ccc(C=CCCN=[N+]=[N-])cn1. The van der Waals surface area contributed by atoms with Crippen LogP contribution in [0.1, 0.15) is 12.0 Å². The van der Waals surface area contributed by atoms with E-state index in [-0.39, 0.29) is 0 Å². The quantitative estimate of drug-likeness (QED) is 0.329. The van der Waals surface area contributed by atoms with Crippen LogP contribution in [0.15, 0.2) is 29.5 Å². The lowest BCUT2D eigenvalue weighted by molar-refractivity contribution is 0.995. The van der Waals surface area contributed by atoms with Gasteiger partial charge in [-0.2, -0.15) is 0 Å². The molecule has 5 heteroatoms. The van der Waals surface area contributed by atoms with Gasteiger partial charge in [0.2, 0.25) is 0 Å². The Bertz CT molecular complexity index is 387. The Morgan fingerprint density at radius 3 is 2.88 bits per heavy atom. The Hall–Kier alpha value is -2.00. The van der Waals surface area contributed by atoms with Crippen LogP contribution in [0.2, 0.25) is 0 Å². The molecule has 0 bridgehead atoms. The molecule has 1 rings (SSSR count). The van der Waals surface area contributed by atoms with Crippen LogP contribution in [-0.2, 0) is 0 Å². The molecular weight excluding hydrogens is 202 g/mol. The largest absolute Gasteiger partial charge is 0.363 e. The number of hydrogen-bond donors (Lipinski definition) is 0. The van der Waals surface area contributed by atoms with Gasteiger partial charge < -0.3 is 4.90 Å². The summed E-state index contributed by atoms with van der Waals surface area (Å²) in [6, 6.07) is 3.97. The first kappa shape index (κ1) is 12.1. The molecule has 0 radical (unpaired) electrons. The summed E-state index contributed by atoms with van der Waals surface area (Å²) >= 11 is 0. The fourth-order valence-electron chi connectivity index (χ4n) is 1.16. The second-order valence-electron chi connectivity index (χ2n) is 3.49. The molecular formula is C11H15N5. The lowest BCUT2D eigenvalue weighted by atomic mass is 10.2. The van der Waals surface area contributed by atoms with Gasteiger partial charge in [-0.1, -0.05) is 17.3 Å². The molecule has 0 fully saturated rings. The van der Waals surface area contributed by atoms with Crippen molar-refractivity contribution in [1.29, 1.82) is 0 Å². The van der Waals surface area contributed by atoms with E-state index in [9.17, 15) is 0 Å². The molecule has 1 heterocycles. The Labute approximate surface area is 95.0 Å².